The maximum Gasteiger partial charge on any atom is 0 e. The monoisotopic (exact) mass is 796 g/mol. The molecular formula is C32H76P4Pd2. The molecular weight excluding hydrogens is 721 g/mol. The Morgan fingerprint density at radius 1 is 0.184 bits per heavy atom. The van der Waals surface area contributed by atoms with Crippen LogP contribution in [-0.4, -0.2) is 41.2 Å². The van der Waals surface area contributed by atoms with Crippen LogP contribution in [0.15, 0.2) is 0 Å². The molecule has 244 valence electrons. The van der Waals surface area contributed by atoms with Gasteiger partial charge in [-0.1, -0.05) is 166 Å². The topological polar surface area (TPSA) is 0 Å². The number of hydrogen-bond acceptors (Lipinski definition) is 0. The Kier molecular flexibility index (Phi) is 28.4. The summed E-state index contributed by atoms with van der Waals surface area (Å²) < 4.78 is 0. The maximum atomic E-state index is 2.30. The molecule has 0 aliphatic heterocycles. The molecule has 0 aromatic rings. The van der Waals surface area contributed by atoms with Crippen LogP contribution in [-0.2, 0) is 40.8 Å². The Morgan fingerprint density at radius 3 is 0.237 bits per heavy atom. The third-order valence-electron chi connectivity index (χ3n) is 3.00. The molecule has 0 rings (SSSR count). The molecule has 0 aliphatic rings. The first-order valence-electron chi connectivity index (χ1n) is 14.0. The predicted molar refractivity (Wildman–Crippen MR) is 191 cm³/mol. The largest absolute Gasteiger partial charge is 0.111 e. The number of rotatable bonds is 0. The van der Waals surface area contributed by atoms with E-state index < -0.39 is 0 Å². The average molecular weight is 798 g/mol. The molecule has 0 radical (unpaired) electrons. The zero-order valence-corrected chi connectivity index (χ0v) is 37.7. The molecule has 6 heteroatoms. The van der Waals surface area contributed by atoms with E-state index in [2.05, 4.69) is 166 Å². The van der Waals surface area contributed by atoms with Crippen LogP contribution in [0.5, 0.6) is 0 Å². The standard InChI is InChI=1S/4C8H19P.2Pd/c4*1-7(2,3)9-8(4,5)6;;/h4*9H,1-6H3;;. The van der Waals surface area contributed by atoms with Crippen LogP contribution in [0.3, 0.4) is 0 Å². The second kappa shape index (κ2) is 20.1. The zero-order valence-electron chi connectivity index (χ0n) is 30.6. The van der Waals surface area contributed by atoms with Gasteiger partial charge in [-0.2, -0.15) is 0 Å². The van der Waals surface area contributed by atoms with Crippen LogP contribution in [0.1, 0.15) is 166 Å². The molecule has 0 aliphatic carbocycles. The minimum atomic E-state index is 0. The van der Waals surface area contributed by atoms with Crippen molar-refractivity contribution < 1.29 is 40.8 Å². The summed E-state index contributed by atoms with van der Waals surface area (Å²) in [5, 5.41) is 4.10. The van der Waals surface area contributed by atoms with E-state index in [1.54, 1.807) is 0 Å². The molecule has 0 aromatic carbocycles. The van der Waals surface area contributed by atoms with E-state index in [4.69, 9.17) is 0 Å². The van der Waals surface area contributed by atoms with Crippen LogP contribution >= 0.6 is 34.3 Å². The summed E-state index contributed by atoms with van der Waals surface area (Å²) in [6.07, 6.45) is 0. The summed E-state index contributed by atoms with van der Waals surface area (Å²) in [6.45, 7) is 55.3. The molecule has 38 heavy (non-hydrogen) atoms. The Bertz CT molecular complexity index is 394. The van der Waals surface area contributed by atoms with Gasteiger partial charge in [0, 0.05) is 40.8 Å². The fraction of sp³-hybridized carbons (Fsp3) is 1.00. The molecule has 0 N–H and O–H groups in total. The molecule has 0 heterocycles. The van der Waals surface area contributed by atoms with E-state index in [1.807, 2.05) is 0 Å². The minimum absolute atomic E-state index is 0. The maximum absolute atomic E-state index is 2.30. The fourth-order valence-electron chi connectivity index (χ4n) is 4.50. The molecule has 0 unspecified atom stereocenters. The second-order valence-electron chi connectivity index (χ2n) is 18.5. The van der Waals surface area contributed by atoms with Crippen LogP contribution in [0.2, 0.25) is 0 Å². The van der Waals surface area contributed by atoms with Crippen LogP contribution in [0.25, 0.3) is 0 Å². The Morgan fingerprint density at radius 2 is 0.237 bits per heavy atom. The smallest absolute Gasteiger partial charge is 0 e. The third-order valence-corrected chi connectivity index (χ3v) is 9.00. The van der Waals surface area contributed by atoms with Gasteiger partial charge in [0.05, 0.1) is 0 Å². The van der Waals surface area contributed by atoms with Gasteiger partial charge in [0.15, 0.2) is 0 Å². The summed E-state index contributed by atoms with van der Waals surface area (Å²) in [7, 11) is 4.20. The Hall–Kier alpha value is 3.04. The van der Waals surface area contributed by atoms with E-state index >= 15 is 0 Å². The van der Waals surface area contributed by atoms with Crippen molar-refractivity contribution in [1.29, 1.82) is 0 Å². The first-order chi connectivity index (χ1) is 14.8. The van der Waals surface area contributed by atoms with Crippen molar-refractivity contribution >= 4 is 34.3 Å². The van der Waals surface area contributed by atoms with Crippen LogP contribution in [0.4, 0.5) is 0 Å². The Balaban J connectivity index is -0.0000000883. The minimum Gasteiger partial charge on any atom is -0.111 e. The predicted octanol–water partition coefficient (Wildman–Crippen LogP) is 13.0. The van der Waals surface area contributed by atoms with Gasteiger partial charge < -0.3 is 0 Å². The molecule has 0 atom stereocenters. The van der Waals surface area contributed by atoms with E-state index in [9.17, 15) is 0 Å². The average Bonchev–Trinajstić information content (AvgIpc) is 2.19. The molecule has 0 spiro atoms. The quantitative estimate of drug-likeness (QED) is 0.169. The van der Waals surface area contributed by atoms with E-state index in [0.717, 1.165) is 34.3 Å². The van der Waals surface area contributed by atoms with Gasteiger partial charge >= 0.3 is 0 Å². The molecule has 0 aromatic heterocycles. The SMILES string of the molecule is CC(C)(C)PC(C)(C)C.CC(C)(C)PC(C)(C)C.CC(C)(C)PC(C)(C)C.CC(C)(C)PC(C)(C)C.[Pd].[Pd]. The summed E-state index contributed by atoms with van der Waals surface area (Å²) in [4.78, 5) is 0. The van der Waals surface area contributed by atoms with E-state index in [-0.39, 0.29) is 40.8 Å². The van der Waals surface area contributed by atoms with Gasteiger partial charge in [-0.25, -0.2) is 0 Å². The molecule has 0 saturated carbocycles. The van der Waals surface area contributed by atoms with Crippen molar-refractivity contribution in [3.63, 3.8) is 0 Å². The summed E-state index contributed by atoms with van der Waals surface area (Å²) in [5.41, 5.74) is 0. The first-order valence-corrected chi connectivity index (χ1v) is 18.0. The van der Waals surface area contributed by atoms with Crippen molar-refractivity contribution in [3.8, 4) is 0 Å². The van der Waals surface area contributed by atoms with Gasteiger partial charge in [-0.05, 0) is 41.2 Å². The first kappa shape index (κ1) is 53.6. The second-order valence-corrected chi connectivity index (χ2v) is 31.5. The molecule has 0 bridgehead atoms. The van der Waals surface area contributed by atoms with Crippen LogP contribution < -0.4 is 0 Å². The third kappa shape index (κ3) is 77.3. The summed E-state index contributed by atoms with van der Waals surface area (Å²) >= 11 is 0. The Labute approximate surface area is 280 Å². The summed E-state index contributed by atoms with van der Waals surface area (Å²) in [5.74, 6) is 0. The zero-order chi connectivity index (χ0) is 30.8. The van der Waals surface area contributed by atoms with Crippen molar-refractivity contribution in [2.24, 2.45) is 0 Å². The molecule has 0 fully saturated rings. The normalized spacial score (nSPS) is 13.3. The molecule has 0 nitrogen and oxygen atoms in total. The molecule has 0 amide bonds. The van der Waals surface area contributed by atoms with Crippen molar-refractivity contribution in [2.45, 2.75) is 207 Å². The van der Waals surface area contributed by atoms with Gasteiger partial charge in [-0.15, -0.1) is 34.3 Å². The molecule has 0 saturated heterocycles. The van der Waals surface area contributed by atoms with E-state index in [0.29, 0.717) is 41.2 Å². The van der Waals surface area contributed by atoms with Crippen molar-refractivity contribution in [3.05, 3.63) is 0 Å². The van der Waals surface area contributed by atoms with Gasteiger partial charge in [0.25, 0.3) is 0 Å². The van der Waals surface area contributed by atoms with Gasteiger partial charge in [0.1, 0.15) is 0 Å². The van der Waals surface area contributed by atoms with Crippen LogP contribution in [0, 0.1) is 0 Å². The van der Waals surface area contributed by atoms with Crippen molar-refractivity contribution in [1.82, 2.24) is 0 Å². The van der Waals surface area contributed by atoms with E-state index in [1.165, 1.54) is 0 Å². The van der Waals surface area contributed by atoms with Gasteiger partial charge in [0.2, 0.25) is 0 Å². The van der Waals surface area contributed by atoms with Crippen molar-refractivity contribution in [2.75, 3.05) is 0 Å². The number of hydrogen-bond donors (Lipinski definition) is 0. The summed E-state index contributed by atoms with van der Waals surface area (Å²) in [6, 6.07) is 0. The van der Waals surface area contributed by atoms with Gasteiger partial charge in [-0.3, -0.25) is 0 Å². The fourth-order valence-corrected chi connectivity index (χ4v) is 13.5.